The molecule has 2 nitrogen and oxygen atoms in total. The average Bonchev–Trinajstić information content (AvgIpc) is 2.30. The van der Waals surface area contributed by atoms with E-state index in [1.807, 2.05) is 6.07 Å². The Bertz CT molecular complexity index is 529. The predicted molar refractivity (Wildman–Crippen MR) is 61.5 cm³/mol. The summed E-state index contributed by atoms with van der Waals surface area (Å²) in [5.41, 5.74) is 7.05. The van der Waals surface area contributed by atoms with Gasteiger partial charge < -0.3 is 10.5 Å². The van der Waals surface area contributed by atoms with Gasteiger partial charge in [0.2, 0.25) is 0 Å². The molecule has 0 fully saturated rings. The van der Waals surface area contributed by atoms with Gasteiger partial charge in [-0.25, -0.2) is 8.78 Å². The van der Waals surface area contributed by atoms with Crippen LogP contribution in [-0.2, 0) is 6.61 Å². The zero-order valence-corrected chi connectivity index (χ0v) is 8.99. The first-order valence-electron chi connectivity index (χ1n) is 5.08. The highest BCUT2D eigenvalue weighted by molar-refractivity contribution is 5.46. The highest BCUT2D eigenvalue weighted by Gasteiger charge is 2.05. The van der Waals surface area contributed by atoms with Crippen molar-refractivity contribution in [3.63, 3.8) is 0 Å². The number of ether oxygens (including phenoxy) is 1. The van der Waals surface area contributed by atoms with E-state index in [0.717, 1.165) is 17.7 Å². The molecule has 4 heteroatoms. The van der Waals surface area contributed by atoms with E-state index in [1.54, 1.807) is 18.2 Å². The summed E-state index contributed by atoms with van der Waals surface area (Å²) in [4.78, 5) is 0. The van der Waals surface area contributed by atoms with Crippen LogP contribution >= 0.6 is 0 Å². The number of halogens is 2. The Balaban J connectivity index is 2.10. The van der Waals surface area contributed by atoms with Gasteiger partial charge in [0.1, 0.15) is 12.4 Å². The summed E-state index contributed by atoms with van der Waals surface area (Å²) in [7, 11) is 0. The highest BCUT2D eigenvalue weighted by Crippen LogP contribution is 2.20. The summed E-state index contributed by atoms with van der Waals surface area (Å²) in [6.07, 6.45) is 0. The van der Waals surface area contributed by atoms with E-state index in [9.17, 15) is 8.78 Å². The Hall–Kier alpha value is -2.10. The maximum absolute atomic E-state index is 13.3. The largest absolute Gasteiger partial charge is 0.486 e. The monoisotopic (exact) mass is 235 g/mol. The summed E-state index contributed by atoms with van der Waals surface area (Å²) in [6.45, 7) is 0.148. The van der Waals surface area contributed by atoms with Crippen LogP contribution in [0, 0.1) is 11.6 Å². The number of anilines is 1. The van der Waals surface area contributed by atoms with Crippen molar-refractivity contribution < 1.29 is 13.5 Å². The number of nitrogens with two attached hydrogens (primary N) is 1. The summed E-state index contributed by atoms with van der Waals surface area (Å²) in [6, 6.07) is 10.3. The third-order valence-corrected chi connectivity index (χ3v) is 2.33. The highest BCUT2D eigenvalue weighted by atomic mass is 19.1. The molecule has 2 aromatic rings. The Kier molecular flexibility index (Phi) is 3.23. The van der Waals surface area contributed by atoms with Gasteiger partial charge in [-0.05, 0) is 18.2 Å². The SMILES string of the molecule is Nc1ccccc1COc1ccc(F)cc1F. The third kappa shape index (κ3) is 2.72. The Morgan fingerprint density at radius 1 is 1.06 bits per heavy atom. The van der Waals surface area contributed by atoms with E-state index in [0.29, 0.717) is 5.69 Å². The first kappa shape index (κ1) is 11.4. The molecule has 0 bridgehead atoms. The van der Waals surface area contributed by atoms with E-state index < -0.39 is 11.6 Å². The van der Waals surface area contributed by atoms with Gasteiger partial charge in [0, 0.05) is 17.3 Å². The summed E-state index contributed by atoms with van der Waals surface area (Å²) < 4.78 is 31.2. The van der Waals surface area contributed by atoms with Crippen molar-refractivity contribution in [1.82, 2.24) is 0 Å². The van der Waals surface area contributed by atoms with E-state index in [1.165, 1.54) is 6.07 Å². The molecule has 0 aliphatic carbocycles. The maximum Gasteiger partial charge on any atom is 0.167 e. The lowest BCUT2D eigenvalue weighted by Crippen LogP contribution is -2.01. The molecule has 88 valence electrons. The van der Waals surface area contributed by atoms with Crippen LogP contribution in [-0.4, -0.2) is 0 Å². The summed E-state index contributed by atoms with van der Waals surface area (Å²) in [5.74, 6) is -1.34. The molecule has 0 amide bonds. The van der Waals surface area contributed by atoms with Crippen LogP contribution in [0.25, 0.3) is 0 Å². The van der Waals surface area contributed by atoms with Gasteiger partial charge in [0.25, 0.3) is 0 Å². The molecule has 2 aromatic carbocycles. The van der Waals surface area contributed by atoms with Gasteiger partial charge in [-0.15, -0.1) is 0 Å². The van der Waals surface area contributed by atoms with E-state index in [2.05, 4.69) is 0 Å². The van der Waals surface area contributed by atoms with Crippen LogP contribution in [0.4, 0.5) is 14.5 Å². The molecule has 0 aliphatic rings. The lowest BCUT2D eigenvalue weighted by molar-refractivity contribution is 0.290. The molecule has 0 aromatic heterocycles. The molecule has 0 atom stereocenters. The van der Waals surface area contributed by atoms with Crippen molar-refractivity contribution in [2.24, 2.45) is 0 Å². The van der Waals surface area contributed by atoms with Gasteiger partial charge in [-0.3, -0.25) is 0 Å². The van der Waals surface area contributed by atoms with Gasteiger partial charge in [0.15, 0.2) is 11.6 Å². The fourth-order valence-corrected chi connectivity index (χ4v) is 1.41. The lowest BCUT2D eigenvalue weighted by Gasteiger charge is -2.09. The smallest absolute Gasteiger partial charge is 0.167 e. The molecule has 2 N–H and O–H groups in total. The van der Waals surface area contributed by atoms with Crippen LogP contribution in [0.15, 0.2) is 42.5 Å². The van der Waals surface area contributed by atoms with Gasteiger partial charge in [-0.2, -0.15) is 0 Å². The normalized spacial score (nSPS) is 10.2. The summed E-state index contributed by atoms with van der Waals surface area (Å²) >= 11 is 0. The minimum absolute atomic E-state index is 0.00894. The van der Waals surface area contributed by atoms with E-state index in [-0.39, 0.29) is 12.4 Å². The first-order valence-corrected chi connectivity index (χ1v) is 5.08. The quantitative estimate of drug-likeness (QED) is 0.829. The molecule has 0 unspecified atom stereocenters. The average molecular weight is 235 g/mol. The lowest BCUT2D eigenvalue weighted by atomic mass is 10.2. The van der Waals surface area contributed by atoms with E-state index in [4.69, 9.17) is 10.5 Å². The second-order valence-electron chi connectivity index (χ2n) is 3.56. The number of hydrogen-bond acceptors (Lipinski definition) is 2. The van der Waals surface area contributed by atoms with Crippen LogP contribution in [0.3, 0.4) is 0 Å². The molecule has 17 heavy (non-hydrogen) atoms. The molecular formula is C13H11F2NO. The van der Waals surface area contributed by atoms with E-state index >= 15 is 0 Å². The number of para-hydroxylation sites is 1. The molecule has 0 heterocycles. The predicted octanol–water partition coefficient (Wildman–Crippen LogP) is 3.13. The van der Waals surface area contributed by atoms with Crippen molar-refractivity contribution in [2.45, 2.75) is 6.61 Å². The molecular weight excluding hydrogens is 224 g/mol. The maximum atomic E-state index is 13.3. The minimum Gasteiger partial charge on any atom is -0.486 e. The van der Waals surface area contributed by atoms with Crippen molar-refractivity contribution in [3.8, 4) is 5.75 Å². The van der Waals surface area contributed by atoms with Crippen LogP contribution in [0.5, 0.6) is 5.75 Å². The Labute approximate surface area is 97.6 Å². The number of benzene rings is 2. The fourth-order valence-electron chi connectivity index (χ4n) is 1.41. The Morgan fingerprint density at radius 2 is 1.82 bits per heavy atom. The third-order valence-electron chi connectivity index (χ3n) is 2.33. The van der Waals surface area contributed by atoms with Crippen molar-refractivity contribution in [3.05, 3.63) is 59.7 Å². The van der Waals surface area contributed by atoms with Crippen molar-refractivity contribution in [1.29, 1.82) is 0 Å². The second-order valence-corrected chi connectivity index (χ2v) is 3.56. The molecule has 0 spiro atoms. The number of rotatable bonds is 3. The minimum atomic E-state index is -0.723. The summed E-state index contributed by atoms with van der Waals surface area (Å²) in [5, 5.41) is 0. The zero-order valence-electron chi connectivity index (χ0n) is 8.99. The van der Waals surface area contributed by atoms with Crippen molar-refractivity contribution >= 4 is 5.69 Å². The van der Waals surface area contributed by atoms with Gasteiger partial charge >= 0.3 is 0 Å². The van der Waals surface area contributed by atoms with Gasteiger partial charge in [-0.1, -0.05) is 18.2 Å². The Morgan fingerprint density at radius 3 is 2.53 bits per heavy atom. The topological polar surface area (TPSA) is 35.2 Å². The van der Waals surface area contributed by atoms with Crippen LogP contribution in [0.2, 0.25) is 0 Å². The van der Waals surface area contributed by atoms with Crippen LogP contribution in [0.1, 0.15) is 5.56 Å². The van der Waals surface area contributed by atoms with Crippen molar-refractivity contribution in [2.75, 3.05) is 5.73 Å². The first-order chi connectivity index (χ1) is 8.16. The van der Waals surface area contributed by atoms with Crippen LogP contribution < -0.4 is 10.5 Å². The standard InChI is InChI=1S/C13H11F2NO/c14-10-5-6-13(11(15)7-10)17-8-9-3-1-2-4-12(9)16/h1-7H,8,16H2. The molecule has 0 aliphatic heterocycles. The second kappa shape index (κ2) is 4.82. The zero-order chi connectivity index (χ0) is 12.3. The molecule has 2 rings (SSSR count). The molecule has 0 radical (unpaired) electrons. The molecule has 0 saturated carbocycles. The fraction of sp³-hybridized carbons (Fsp3) is 0.0769. The number of hydrogen-bond donors (Lipinski definition) is 1. The van der Waals surface area contributed by atoms with Gasteiger partial charge in [0.05, 0.1) is 0 Å². The number of nitrogen functional groups attached to an aromatic ring is 1. The molecule has 0 saturated heterocycles.